The van der Waals surface area contributed by atoms with Crippen LogP contribution in [-0.2, 0) is 0 Å². The summed E-state index contributed by atoms with van der Waals surface area (Å²) in [4.78, 5) is 0. The van der Waals surface area contributed by atoms with E-state index in [2.05, 4.69) is 50.3 Å². The van der Waals surface area contributed by atoms with E-state index in [1.807, 2.05) is 0 Å². The van der Waals surface area contributed by atoms with Crippen molar-refractivity contribution in [3.63, 3.8) is 0 Å². The molecule has 0 aromatic heterocycles. The predicted octanol–water partition coefficient (Wildman–Crippen LogP) is 8.32. The first-order chi connectivity index (χ1) is 10.0. The molecule has 0 radical (unpaired) electrons. The van der Waals surface area contributed by atoms with Crippen molar-refractivity contribution < 1.29 is 0 Å². The Morgan fingerprint density at radius 1 is 0.714 bits per heavy atom. The Morgan fingerprint density at radius 2 is 1.10 bits per heavy atom. The van der Waals surface area contributed by atoms with E-state index in [1.54, 1.807) is 0 Å². The Morgan fingerprint density at radius 3 is 1.48 bits per heavy atom. The van der Waals surface area contributed by atoms with Gasteiger partial charge in [0.05, 0.1) is 0 Å². The molecule has 0 saturated carbocycles. The Balaban J connectivity index is 3.23. The van der Waals surface area contributed by atoms with Crippen LogP contribution in [-0.4, -0.2) is 3.42 Å². The van der Waals surface area contributed by atoms with Gasteiger partial charge < -0.3 is 0 Å². The summed E-state index contributed by atoms with van der Waals surface area (Å²) in [5, 5.41) is 0. The van der Waals surface area contributed by atoms with E-state index in [0.29, 0.717) is 3.42 Å². The second-order valence-corrected chi connectivity index (χ2v) is 9.67. The van der Waals surface area contributed by atoms with Gasteiger partial charge in [0.2, 0.25) is 0 Å². The lowest BCUT2D eigenvalue weighted by Crippen LogP contribution is -2.24. The molecule has 0 saturated heterocycles. The zero-order chi connectivity index (χ0) is 16.0. The average molecular weight is 408 g/mol. The van der Waals surface area contributed by atoms with Crippen molar-refractivity contribution in [2.75, 3.05) is 0 Å². The van der Waals surface area contributed by atoms with Crippen molar-refractivity contribution in [2.45, 2.75) is 121 Å². The summed E-state index contributed by atoms with van der Waals surface area (Å²) in [6.07, 6.45) is 20.2. The van der Waals surface area contributed by atoms with Gasteiger partial charge in [-0.2, -0.15) is 0 Å². The van der Waals surface area contributed by atoms with Gasteiger partial charge in [0.1, 0.15) is 0 Å². The first-order valence-corrected chi connectivity index (χ1v) is 10.8. The van der Waals surface area contributed by atoms with Crippen LogP contribution in [0, 0.1) is 5.92 Å². The summed E-state index contributed by atoms with van der Waals surface area (Å²) in [5.74, 6) is 0.867. The molecule has 0 aromatic rings. The third-order valence-corrected chi connectivity index (χ3v) is 7.04. The Hall–Kier alpha value is 0.730. The van der Waals surface area contributed by atoms with Gasteiger partial charge in [-0.25, -0.2) is 0 Å². The topological polar surface area (TPSA) is 0 Å². The van der Waals surface area contributed by atoms with E-state index in [0.717, 1.165) is 5.92 Å². The van der Waals surface area contributed by atoms with Gasteiger partial charge in [0.25, 0.3) is 0 Å². The van der Waals surface area contributed by atoms with E-state index in [-0.39, 0.29) is 0 Å². The summed E-state index contributed by atoms with van der Waals surface area (Å²) >= 11 is 2.66. The largest absolute Gasteiger partial charge is 0.0789 e. The minimum atomic E-state index is 0.509. The normalized spacial score (nSPS) is 15.9. The van der Waals surface area contributed by atoms with Gasteiger partial charge in [0, 0.05) is 3.42 Å². The molecule has 2 unspecified atom stereocenters. The fourth-order valence-electron chi connectivity index (χ4n) is 2.94. The lowest BCUT2D eigenvalue weighted by molar-refractivity contribution is 0.394. The zero-order valence-corrected chi connectivity index (χ0v) is 17.5. The number of rotatable bonds is 15. The number of halogens is 1. The molecule has 0 bridgehead atoms. The number of hydrogen-bond donors (Lipinski definition) is 0. The lowest BCUT2D eigenvalue weighted by Gasteiger charge is -2.28. The standard InChI is InChI=1S/C20H41I/c1-5-7-8-9-10-11-12-13-14-15-16-17-18-19(3)20(4,21)6-2/h19H,5-18H2,1-4H3. The van der Waals surface area contributed by atoms with Crippen molar-refractivity contribution in [3.8, 4) is 0 Å². The van der Waals surface area contributed by atoms with E-state index in [4.69, 9.17) is 0 Å². The molecule has 0 nitrogen and oxygen atoms in total. The highest BCUT2D eigenvalue weighted by Crippen LogP contribution is 2.34. The van der Waals surface area contributed by atoms with Crippen molar-refractivity contribution >= 4 is 22.6 Å². The van der Waals surface area contributed by atoms with Crippen LogP contribution in [0.1, 0.15) is 118 Å². The fraction of sp³-hybridized carbons (Fsp3) is 1.00. The van der Waals surface area contributed by atoms with Gasteiger partial charge >= 0.3 is 0 Å². The van der Waals surface area contributed by atoms with Crippen LogP contribution < -0.4 is 0 Å². The predicted molar refractivity (Wildman–Crippen MR) is 108 cm³/mol. The van der Waals surface area contributed by atoms with Crippen molar-refractivity contribution in [3.05, 3.63) is 0 Å². The zero-order valence-electron chi connectivity index (χ0n) is 15.4. The molecule has 128 valence electrons. The third kappa shape index (κ3) is 12.9. The molecule has 0 aliphatic carbocycles. The van der Waals surface area contributed by atoms with Gasteiger partial charge in [-0.1, -0.05) is 127 Å². The molecule has 2 atom stereocenters. The van der Waals surface area contributed by atoms with Crippen molar-refractivity contribution in [2.24, 2.45) is 5.92 Å². The van der Waals surface area contributed by atoms with E-state index < -0.39 is 0 Å². The minimum Gasteiger partial charge on any atom is -0.0789 e. The highest BCUT2D eigenvalue weighted by Gasteiger charge is 2.24. The molecule has 1 heteroatoms. The van der Waals surface area contributed by atoms with E-state index in [1.165, 1.54) is 89.9 Å². The SMILES string of the molecule is CCCCCCCCCCCCCCC(C)C(C)(I)CC. The second kappa shape index (κ2) is 14.3. The number of hydrogen-bond acceptors (Lipinski definition) is 0. The summed E-state index contributed by atoms with van der Waals surface area (Å²) in [6, 6.07) is 0. The van der Waals surface area contributed by atoms with Gasteiger partial charge in [-0.3, -0.25) is 0 Å². The van der Waals surface area contributed by atoms with Crippen LogP contribution in [0.15, 0.2) is 0 Å². The van der Waals surface area contributed by atoms with Gasteiger partial charge in [0.15, 0.2) is 0 Å². The summed E-state index contributed by atoms with van der Waals surface area (Å²) in [6.45, 7) is 9.47. The lowest BCUT2D eigenvalue weighted by atomic mass is 9.88. The van der Waals surface area contributed by atoms with Crippen LogP contribution in [0.3, 0.4) is 0 Å². The summed E-state index contributed by atoms with van der Waals surface area (Å²) < 4.78 is 0.509. The van der Waals surface area contributed by atoms with Gasteiger partial charge in [-0.15, -0.1) is 0 Å². The minimum absolute atomic E-state index is 0.509. The van der Waals surface area contributed by atoms with Gasteiger partial charge in [-0.05, 0) is 18.8 Å². The monoisotopic (exact) mass is 408 g/mol. The second-order valence-electron chi connectivity index (χ2n) is 7.21. The number of alkyl halides is 1. The third-order valence-electron chi connectivity index (χ3n) is 5.21. The molecular weight excluding hydrogens is 367 g/mol. The molecule has 21 heavy (non-hydrogen) atoms. The Labute approximate surface area is 149 Å². The van der Waals surface area contributed by atoms with Crippen LogP contribution in [0.4, 0.5) is 0 Å². The highest BCUT2D eigenvalue weighted by atomic mass is 127. The maximum absolute atomic E-state index is 2.66. The maximum atomic E-state index is 2.66. The maximum Gasteiger partial charge on any atom is 0.0217 e. The molecule has 0 rings (SSSR count). The summed E-state index contributed by atoms with van der Waals surface area (Å²) in [5.41, 5.74) is 0. The highest BCUT2D eigenvalue weighted by molar-refractivity contribution is 14.1. The molecule has 0 spiro atoms. The fourth-order valence-corrected chi connectivity index (χ4v) is 3.25. The Kier molecular flexibility index (Phi) is 14.8. The molecule has 0 aliphatic heterocycles. The van der Waals surface area contributed by atoms with Crippen LogP contribution in [0.2, 0.25) is 0 Å². The molecule has 0 amide bonds. The van der Waals surface area contributed by atoms with Crippen LogP contribution >= 0.6 is 22.6 Å². The van der Waals surface area contributed by atoms with E-state index >= 15 is 0 Å². The van der Waals surface area contributed by atoms with Crippen LogP contribution in [0.25, 0.3) is 0 Å². The van der Waals surface area contributed by atoms with Crippen molar-refractivity contribution in [1.82, 2.24) is 0 Å². The quantitative estimate of drug-likeness (QED) is 0.145. The first kappa shape index (κ1) is 21.7. The molecule has 0 aliphatic rings. The van der Waals surface area contributed by atoms with E-state index in [9.17, 15) is 0 Å². The number of unbranched alkanes of at least 4 members (excludes halogenated alkanes) is 11. The average Bonchev–Trinajstić information content (AvgIpc) is 2.48. The summed E-state index contributed by atoms with van der Waals surface area (Å²) in [7, 11) is 0. The first-order valence-electron chi connectivity index (χ1n) is 9.73. The molecule has 0 fully saturated rings. The smallest absolute Gasteiger partial charge is 0.0217 e. The molecular formula is C20H41I. The molecule has 0 aromatic carbocycles. The van der Waals surface area contributed by atoms with Crippen LogP contribution in [0.5, 0.6) is 0 Å². The molecule has 0 heterocycles. The molecule has 0 N–H and O–H groups in total. The van der Waals surface area contributed by atoms with Crippen molar-refractivity contribution in [1.29, 1.82) is 0 Å². The Bertz CT molecular complexity index is 210.